The number of fused-ring (bicyclic) bond motifs is 1. The van der Waals surface area contributed by atoms with Gasteiger partial charge in [-0.05, 0) is 0 Å². The Bertz CT molecular complexity index is 1070. The summed E-state index contributed by atoms with van der Waals surface area (Å²) < 4.78 is 0. The van der Waals surface area contributed by atoms with E-state index in [2.05, 4.69) is 56.5 Å². The molecule has 188 valence electrons. The Morgan fingerprint density at radius 1 is 0.811 bits per heavy atom. The average Bonchev–Trinajstić information content (AvgIpc) is 3.29. The first-order chi connectivity index (χ1) is 18.2. The van der Waals surface area contributed by atoms with E-state index in [1.807, 2.05) is 0 Å². The van der Waals surface area contributed by atoms with Gasteiger partial charge in [0.05, 0.1) is 0 Å². The van der Waals surface area contributed by atoms with Gasteiger partial charge in [0.25, 0.3) is 0 Å². The molecule has 2 saturated carbocycles. The summed E-state index contributed by atoms with van der Waals surface area (Å²) in [5.41, 5.74) is 7.65. The molecule has 0 aliphatic heterocycles. The molecule has 2 aliphatic carbocycles. The van der Waals surface area contributed by atoms with Crippen molar-refractivity contribution in [3.63, 3.8) is 0 Å². The number of H-pyrrole nitrogens is 1. The molecule has 37 heavy (non-hydrogen) atoms. The molecule has 0 amide bonds. The summed E-state index contributed by atoms with van der Waals surface area (Å²) in [7, 11) is 3.69. The van der Waals surface area contributed by atoms with E-state index in [1.54, 1.807) is 12.7 Å². The molecule has 5 rings (SSSR count). The number of aromatic nitrogens is 2. The normalized spacial score (nSPS) is 22.3. The van der Waals surface area contributed by atoms with Gasteiger partial charge in [-0.2, -0.15) is 0 Å². The first-order valence-electron chi connectivity index (χ1n) is 15.7. The van der Waals surface area contributed by atoms with Crippen LogP contribution in [0.5, 0.6) is 0 Å². The van der Waals surface area contributed by atoms with Crippen LogP contribution in [0.2, 0.25) is 17.5 Å². The van der Waals surface area contributed by atoms with Crippen LogP contribution in [0, 0.1) is 6.92 Å². The minimum absolute atomic E-state index is 0.863. The minimum atomic E-state index is 0.863. The van der Waals surface area contributed by atoms with Crippen LogP contribution in [0.1, 0.15) is 102 Å². The van der Waals surface area contributed by atoms with E-state index in [1.165, 1.54) is 115 Å². The molecule has 2 nitrogen and oxygen atoms in total. The van der Waals surface area contributed by atoms with Crippen LogP contribution in [0.15, 0.2) is 24.1 Å². The zero-order valence-corrected chi connectivity index (χ0v) is 23.4. The van der Waals surface area contributed by atoms with Gasteiger partial charge in [0.1, 0.15) is 7.28 Å². The monoisotopic (exact) mass is 486 g/mol. The predicted molar refractivity (Wildman–Crippen MR) is 172 cm³/mol. The number of rotatable bonds is 6. The number of hydrogen-bond acceptors (Lipinski definition) is 1. The molecule has 2 aromatic heterocycles. The topological polar surface area (TPSA) is 28.7 Å². The van der Waals surface area contributed by atoms with Crippen molar-refractivity contribution in [1.29, 1.82) is 0 Å². The second-order valence-electron chi connectivity index (χ2n) is 12.6. The second kappa shape index (κ2) is 14.2. The third kappa shape index (κ3) is 8.33. The van der Waals surface area contributed by atoms with Crippen LogP contribution in [0.25, 0.3) is 10.8 Å². The first kappa shape index (κ1) is 27.3. The van der Waals surface area contributed by atoms with E-state index in [-0.39, 0.29) is 0 Å². The van der Waals surface area contributed by atoms with Crippen molar-refractivity contribution < 1.29 is 0 Å². The molecule has 0 radical (unpaired) electrons. The Hall–Kier alpha value is -1.31. The first-order valence-corrected chi connectivity index (χ1v) is 15.7. The van der Waals surface area contributed by atoms with Crippen LogP contribution in [0.4, 0.5) is 0 Å². The number of aryl methyl sites for hydroxylation is 1. The van der Waals surface area contributed by atoms with Gasteiger partial charge in [-0.25, -0.2) is 0 Å². The number of nitrogens with one attached hydrogen (secondary N) is 1. The Morgan fingerprint density at radius 2 is 1.43 bits per heavy atom. The number of benzene rings is 1. The fourth-order valence-corrected chi connectivity index (χ4v) is 7.40. The molecular formula is C29H44B6N2. The second-order valence-corrected chi connectivity index (χ2v) is 12.6. The van der Waals surface area contributed by atoms with Crippen molar-refractivity contribution in [3.8, 4) is 0 Å². The molecule has 2 aliphatic rings. The molecule has 0 bridgehead atoms. The van der Waals surface area contributed by atoms with Crippen molar-refractivity contribution >= 4 is 69.8 Å². The van der Waals surface area contributed by atoms with Gasteiger partial charge < -0.3 is 0 Å². The number of hydrogen-bond donors (Lipinski definition) is 1. The molecule has 0 atom stereocenters. The van der Waals surface area contributed by atoms with Crippen molar-refractivity contribution in [2.24, 2.45) is 0 Å². The number of nitrogens with zero attached hydrogens (tertiary/aromatic N) is 1. The Kier molecular flexibility index (Phi) is 10.5. The molecule has 3 aromatic rings. The summed E-state index contributed by atoms with van der Waals surface area (Å²) in [6, 6.07) is 7.16. The molecule has 0 spiro atoms. The van der Waals surface area contributed by atoms with Gasteiger partial charge in [0.15, 0.2) is 0 Å². The fraction of sp³-hybridized carbons (Fsp3) is 0.655. The molecule has 1 aromatic carbocycles. The molecule has 0 unspecified atom stereocenters. The van der Waals surface area contributed by atoms with Gasteiger partial charge in [0, 0.05) is 0 Å². The molecule has 8 heteroatoms. The van der Waals surface area contributed by atoms with Crippen LogP contribution < -0.4 is 16.6 Å². The number of imidazole rings is 1. The van der Waals surface area contributed by atoms with Crippen LogP contribution >= 0.6 is 0 Å². The Labute approximate surface area is 229 Å². The van der Waals surface area contributed by atoms with E-state index in [0.29, 0.717) is 0 Å². The van der Waals surface area contributed by atoms with Crippen molar-refractivity contribution in [1.82, 2.24) is 9.97 Å². The van der Waals surface area contributed by atoms with Gasteiger partial charge in [0.2, 0.25) is 0 Å². The summed E-state index contributed by atoms with van der Waals surface area (Å²) in [5, 5.41) is 0. The Balaban J connectivity index is 1.11. The summed E-state index contributed by atoms with van der Waals surface area (Å²) in [6.45, 7) is 8.57. The summed E-state index contributed by atoms with van der Waals surface area (Å²) >= 11 is 0. The maximum atomic E-state index is 4.78. The van der Waals surface area contributed by atoms with Crippen LogP contribution in [-0.4, -0.2) is 52.3 Å². The Morgan fingerprint density at radius 3 is 2.08 bits per heavy atom. The SMILES string of the molecule is Cc1cc(Bc2nc3bbcbc3[nH]2)ccc1BC1CCCCC(BC2CCCCCCC2)CCCC1. The van der Waals surface area contributed by atoms with E-state index in [4.69, 9.17) is 4.98 Å². The van der Waals surface area contributed by atoms with Gasteiger partial charge >= 0.3 is 141 Å². The van der Waals surface area contributed by atoms with Crippen molar-refractivity contribution in [2.75, 3.05) is 0 Å². The summed E-state index contributed by atoms with van der Waals surface area (Å²) in [6.07, 6.45) is 22.2. The van der Waals surface area contributed by atoms with Crippen LogP contribution in [-0.2, 0) is 0 Å². The fourth-order valence-electron chi connectivity index (χ4n) is 7.40. The van der Waals surface area contributed by atoms with E-state index in [0.717, 1.165) is 41.3 Å². The van der Waals surface area contributed by atoms with E-state index < -0.39 is 0 Å². The van der Waals surface area contributed by atoms with Gasteiger partial charge in [-0.1, -0.05) is 82.3 Å². The van der Waals surface area contributed by atoms with Crippen LogP contribution in [0.3, 0.4) is 0 Å². The van der Waals surface area contributed by atoms with Crippen molar-refractivity contribution in [3.05, 3.63) is 29.6 Å². The standard InChI is InChI=1S/C29H44B6N2/c1-21-19-25(34-29-36-27-28(37-29)35-31-20-30-27)17-18-26(21)33-24-15-9-7-13-23(14-8-10-16-24)32-22-11-5-3-2-4-6-12-22/h17-20,22-24,32-34H,2-16H2,1H3,(H,36,37). The maximum absolute atomic E-state index is 4.78. The quantitative estimate of drug-likeness (QED) is 0.525. The van der Waals surface area contributed by atoms with Crippen molar-refractivity contribution in [2.45, 2.75) is 121 Å². The molecule has 2 heterocycles. The van der Waals surface area contributed by atoms with E-state index in [9.17, 15) is 0 Å². The molecular weight excluding hydrogens is 441 g/mol. The average molecular weight is 486 g/mol. The zero-order valence-electron chi connectivity index (χ0n) is 23.4. The zero-order chi connectivity index (χ0) is 25.3. The third-order valence-corrected chi connectivity index (χ3v) is 9.57. The summed E-state index contributed by atoms with van der Waals surface area (Å²) in [4.78, 5) is 8.27. The molecule has 0 saturated heterocycles. The predicted octanol–water partition coefficient (Wildman–Crippen LogP) is 4.02. The number of aromatic amines is 1. The third-order valence-electron chi connectivity index (χ3n) is 9.57. The molecule has 1 N–H and O–H groups in total. The summed E-state index contributed by atoms with van der Waals surface area (Å²) in [5.74, 6) is 4.99. The van der Waals surface area contributed by atoms with Gasteiger partial charge in [-0.3, -0.25) is 0 Å². The van der Waals surface area contributed by atoms with E-state index >= 15 is 0 Å². The molecule has 2 fully saturated rings. The van der Waals surface area contributed by atoms with Gasteiger partial charge in [-0.15, -0.1) is 0 Å².